The van der Waals surface area contributed by atoms with Gasteiger partial charge in [0.15, 0.2) is 6.61 Å². The van der Waals surface area contributed by atoms with E-state index < -0.39 is 0 Å². The number of aryl methyl sites for hydroxylation is 1. The van der Waals surface area contributed by atoms with Gasteiger partial charge in [-0.25, -0.2) is 0 Å². The highest BCUT2D eigenvalue weighted by molar-refractivity contribution is 5.95. The molecular weight excluding hydrogens is 328 g/mol. The number of rotatable bonds is 6. The smallest absolute Gasteiger partial charge is 0.258 e. The summed E-state index contributed by atoms with van der Waals surface area (Å²) in [6.07, 6.45) is 1.47. The van der Waals surface area contributed by atoms with Crippen LogP contribution in [0, 0.1) is 6.92 Å². The lowest BCUT2D eigenvalue weighted by atomic mass is 10.0. The highest BCUT2D eigenvalue weighted by Gasteiger charge is 2.22. The number of nitrogens with one attached hydrogen (secondary N) is 1. The van der Waals surface area contributed by atoms with E-state index in [1.165, 1.54) is 0 Å². The molecule has 0 unspecified atom stereocenters. The number of carbonyl (C=O) groups is 2. The highest BCUT2D eigenvalue weighted by Crippen LogP contribution is 2.25. The minimum atomic E-state index is -0.177. The van der Waals surface area contributed by atoms with Gasteiger partial charge in [-0.15, -0.1) is 0 Å². The van der Waals surface area contributed by atoms with E-state index >= 15 is 0 Å². The first kappa shape index (κ1) is 18.0. The lowest BCUT2D eigenvalue weighted by Crippen LogP contribution is -2.31. The maximum absolute atomic E-state index is 12.2. The molecule has 0 radical (unpaired) electrons. The van der Waals surface area contributed by atoms with Crippen LogP contribution in [-0.2, 0) is 9.59 Å². The van der Waals surface area contributed by atoms with Crippen LogP contribution in [0.15, 0.2) is 48.5 Å². The molecule has 26 heavy (non-hydrogen) atoms. The number of hydrogen-bond acceptors (Lipinski definition) is 3. The van der Waals surface area contributed by atoms with E-state index in [0.29, 0.717) is 12.2 Å². The number of amides is 2. The molecule has 0 spiro atoms. The van der Waals surface area contributed by atoms with Gasteiger partial charge in [0.05, 0.1) is 6.04 Å². The average Bonchev–Trinajstić information content (AvgIpc) is 3.06. The van der Waals surface area contributed by atoms with Gasteiger partial charge in [-0.3, -0.25) is 9.59 Å². The van der Waals surface area contributed by atoms with Crippen LogP contribution in [0.5, 0.6) is 5.75 Å². The van der Waals surface area contributed by atoms with Crippen molar-refractivity contribution >= 4 is 17.5 Å². The summed E-state index contributed by atoms with van der Waals surface area (Å²) in [7, 11) is 0. The molecule has 5 nitrogen and oxygen atoms in total. The third-order valence-electron chi connectivity index (χ3n) is 4.61. The summed E-state index contributed by atoms with van der Waals surface area (Å²) in [5, 5.41) is 2.96. The first-order valence-electron chi connectivity index (χ1n) is 8.93. The minimum Gasteiger partial charge on any atom is -0.484 e. The molecule has 1 N–H and O–H groups in total. The van der Waals surface area contributed by atoms with Crippen LogP contribution in [0.25, 0.3) is 0 Å². The normalized spacial score (nSPS) is 15.0. The van der Waals surface area contributed by atoms with E-state index in [0.717, 1.165) is 29.8 Å². The molecule has 136 valence electrons. The summed E-state index contributed by atoms with van der Waals surface area (Å²) < 4.78 is 5.62. The molecule has 2 amide bonds. The summed E-state index contributed by atoms with van der Waals surface area (Å²) in [5.41, 5.74) is 3.05. The zero-order chi connectivity index (χ0) is 18.5. The van der Waals surface area contributed by atoms with Gasteiger partial charge in [0, 0.05) is 24.7 Å². The van der Waals surface area contributed by atoms with Crippen molar-refractivity contribution in [2.45, 2.75) is 32.7 Å². The fraction of sp³-hybridized carbons (Fsp3) is 0.333. The number of benzene rings is 2. The molecule has 1 aliphatic rings. The monoisotopic (exact) mass is 352 g/mol. The Labute approximate surface area is 154 Å². The molecular formula is C21H24N2O3. The van der Waals surface area contributed by atoms with Crippen molar-refractivity contribution in [3.8, 4) is 5.75 Å². The van der Waals surface area contributed by atoms with E-state index in [2.05, 4.69) is 5.32 Å². The molecule has 0 aliphatic carbocycles. The van der Waals surface area contributed by atoms with Gasteiger partial charge in [-0.2, -0.15) is 0 Å². The predicted octanol–water partition coefficient (Wildman–Crippen LogP) is 3.38. The Morgan fingerprint density at radius 1 is 1.23 bits per heavy atom. The summed E-state index contributed by atoms with van der Waals surface area (Å²) in [4.78, 5) is 25.8. The van der Waals surface area contributed by atoms with Crippen LogP contribution >= 0.6 is 0 Å². The minimum absolute atomic E-state index is 0.0619. The molecule has 0 saturated carbocycles. The van der Waals surface area contributed by atoms with Crippen molar-refractivity contribution in [1.29, 1.82) is 0 Å². The second-order valence-electron chi connectivity index (χ2n) is 6.58. The van der Waals surface area contributed by atoms with Crippen LogP contribution in [0.3, 0.4) is 0 Å². The summed E-state index contributed by atoms with van der Waals surface area (Å²) in [6.45, 7) is 4.66. The standard InChI is InChI=1S/C21H24N2O3/c1-15-7-3-4-10-19(15)16(2)22-20(24)14-26-18-9-5-8-17(13-18)23-12-6-11-21(23)25/h3-5,7-10,13,16H,6,11-12,14H2,1-2H3,(H,22,24)/t16-/m1/s1. The maximum atomic E-state index is 12.2. The van der Waals surface area contributed by atoms with Gasteiger partial charge in [0.25, 0.3) is 5.91 Å². The molecule has 0 aromatic heterocycles. The van der Waals surface area contributed by atoms with Crippen molar-refractivity contribution in [2.75, 3.05) is 18.1 Å². The van der Waals surface area contributed by atoms with Crippen LogP contribution in [0.4, 0.5) is 5.69 Å². The Kier molecular flexibility index (Phi) is 5.56. The van der Waals surface area contributed by atoms with Crippen molar-refractivity contribution in [3.63, 3.8) is 0 Å². The van der Waals surface area contributed by atoms with Gasteiger partial charge in [-0.05, 0) is 43.5 Å². The second kappa shape index (κ2) is 8.04. The number of anilines is 1. The van der Waals surface area contributed by atoms with E-state index in [1.807, 2.05) is 50.2 Å². The molecule has 3 rings (SSSR count). The van der Waals surface area contributed by atoms with Crippen LogP contribution < -0.4 is 15.0 Å². The van der Waals surface area contributed by atoms with Crippen molar-refractivity contribution in [3.05, 3.63) is 59.7 Å². The quantitative estimate of drug-likeness (QED) is 0.867. The zero-order valence-electron chi connectivity index (χ0n) is 15.2. The summed E-state index contributed by atoms with van der Waals surface area (Å²) in [5.74, 6) is 0.538. The molecule has 1 atom stereocenters. The Hall–Kier alpha value is -2.82. The molecule has 2 aromatic rings. The maximum Gasteiger partial charge on any atom is 0.258 e. The fourth-order valence-corrected chi connectivity index (χ4v) is 3.24. The number of carbonyl (C=O) groups excluding carboxylic acids is 2. The fourth-order valence-electron chi connectivity index (χ4n) is 3.24. The largest absolute Gasteiger partial charge is 0.484 e. The van der Waals surface area contributed by atoms with E-state index in [4.69, 9.17) is 4.74 Å². The van der Waals surface area contributed by atoms with Crippen LogP contribution in [0.2, 0.25) is 0 Å². The Morgan fingerprint density at radius 3 is 2.77 bits per heavy atom. The third kappa shape index (κ3) is 4.23. The molecule has 1 saturated heterocycles. The molecule has 0 bridgehead atoms. The van der Waals surface area contributed by atoms with E-state index in [1.54, 1.807) is 17.0 Å². The summed E-state index contributed by atoms with van der Waals surface area (Å²) >= 11 is 0. The molecule has 1 fully saturated rings. The van der Waals surface area contributed by atoms with Gasteiger partial charge in [0.2, 0.25) is 5.91 Å². The highest BCUT2D eigenvalue weighted by atomic mass is 16.5. The van der Waals surface area contributed by atoms with E-state index in [9.17, 15) is 9.59 Å². The predicted molar refractivity (Wildman–Crippen MR) is 101 cm³/mol. The Morgan fingerprint density at radius 2 is 2.04 bits per heavy atom. The molecule has 1 aliphatic heterocycles. The SMILES string of the molecule is Cc1ccccc1[C@@H](C)NC(=O)COc1cccc(N2CCCC2=O)c1. The first-order valence-corrected chi connectivity index (χ1v) is 8.93. The number of hydrogen-bond donors (Lipinski definition) is 1. The molecule has 1 heterocycles. The second-order valence-corrected chi connectivity index (χ2v) is 6.58. The lowest BCUT2D eigenvalue weighted by Gasteiger charge is -2.18. The average molecular weight is 352 g/mol. The molecule has 5 heteroatoms. The number of ether oxygens (including phenoxy) is 1. The Balaban J connectivity index is 1.56. The topological polar surface area (TPSA) is 58.6 Å². The first-order chi connectivity index (χ1) is 12.5. The van der Waals surface area contributed by atoms with E-state index in [-0.39, 0.29) is 24.5 Å². The summed E-state index contributed by atoms with van der Waals surface area (Å²) in [6, 6.07) is 15.2. The van der Waals surface area contributed by atoms with Crippen molar-refractivity contribution in [1.82, 2.24) is 5.32 Å². The van der Waals surface area contributed by atoms with Crippen molar-refractivity contribution < 1.29 is 14.3 Å². The molecule has 2 aromatic carbocycles. The zero-order valence-corrected chi connectivity index (χ0v) is 15.2. The Bertz CT molecular complexity index is 803. The van der Waals surface area contributed by atoms with Gasteiger partial charge >= 0.3 is 0 Å². The van der Waals surface area contributed by atoms with Gasteiger partial charge < -0.3 is 15.0 Å². The number of nitrogens with zero attached hydrogens (tertiary/aromatic N) is 1. The van der Waals surface area contributed by atoms with Crippen LogP contribution in [0.1, 0.15) is 36.9 Å². The van der Waals surface area contributed by atoms with Crippen molar-refractivity contribution in [2.24, 2.45) is 0 Å². The van der Waals surface area contributed by atoms with Gasteiger partial charge in [-0.1, -0.05) is 30.3 Å². The third-order valence-corrected chi connectivity index (χ3v) is 4.61. The van der Waals surface area contributed by atoms with Crippen LogP contribution in [-0.4, -0.2) is 25.0 Å². The lowest BCUT2D eigenvalue weighted by molar-refractivity contribution is -0.123. The van der Waals surface area contributed by atoms with Gasteiger partial charge in [0.1, 0.15) is 5.75 Å².